The van der Waals surface area contributed by atoms with Crippen molar-refractivity contribution >= 4 is 17.7 Å². The summed E-state index contributed by atoms with van der Waals surface area (Å²) in [5, 5.41) is 12.2. The van der Waals surface area contributed by atoms with Crippen LogP contribution in [0.5, 0.6) is 0 Å². The summed E-state index contributed by atoms with van der Waals surface area (Å²) < 4.78 is 0. The van der Waals surface area contributed by atoms with Gasteiger partial charge in [-0.3, -0.25) is 4.79 Å². The molecule has 2 unspecified atom stereocenters. The molecule has 4 nitrogen and oxygen atoms in total. The van der Waals surface area contributed by atoms with Crippen LogP contribution in [-0.2, 0) is 4.79 Å². The normalized spacial score (nSPS) is 16.4. The Balaban J connectivity index is 4.15. The minimum atomic E-state index is -0.0185. The van der Waals surface area contributed by atoms with Crippen molar-refractivity contribution in [1.82, 2.24) is 5.32 Å². The summed E-state index contributed by atoms with van der Waals surface area (Å²) in [5.74, 6) is 0.838. The zero-order valence-corrected chi connectivity index (χ0v) is 12.8. The molecule has 1 amide bonds. The molecule has 0 aliphatic rings. The molecule has 0 radical (unpaired) electrons. The third-order valence-corrected chi connectivity index (χ3v) is 4.20. The van der Waals surface area contributed by atoms with Gasteiger partial charge in [-0.05, 0) is 38.0 Å². The number of aliphatic hydroxyl groups excluding tert-OH is 1. The van der Waals surface area contributed by atoms with E-state index in [-0.39, 0.29) is 29.7 Å². The Morgan fingerprint density at radius 3 is 2.39 bits per heavy atom. The maximum Gasteiger partial charge on any atom is 0.220 e. The van der Waals surface area contributed by atoms with Crippen LogP contribution in [0.2, 0.25) is 0 Å². The number of carbonyl (C=O) groups is 1. The molecule has 0 saturated heterocycles. The first-order valence-corrected chi connectivity index (χ1v) is 7.86. The van der Waals surface area contributed by atoms with E-state index in [1.54, 1.807) is 11.8 Å². The molecule has 5 heteroatoms. The lowest BCUT2D eigenvalue weighted by Crippen LogP contribution is -2.42. The van der Waals surface area contributed by atoms with E-state index < -0.39 is 0 Å². The van der Waals surface area contributed by atoms with Gasteiger partial charge in [0.15, 0.2) is 0 Å². The van der Waals surface area contributed by atoms with Gasteiger partial charge in [-0.1, -0.05) is 13.8 Å². The lowest BCUT2D eigenvalue weighted by atomic mass is 9.94. The minimum absolute atomic E-state index is 0.0185. The summed E-state index contributed by atoms with van der Waals surface area (Å²) in [6, 6.07) is -0.0185. The van der Waals surface area contributed by atoms with Gasteiger partial charge in [0.1, 0.15) is 0 Å². The molecule has 0 aliphatic carbocycles. The van der Waals surface area contributed by atoms with Gasteiger partial charge >= 0.3 is 0 Å². The topological polar surface area (TPSA) is 75.3 Å². The molecule has 108 valence electrons. The van der Waals surface area contributed by atoms with Crippen LogP contribution >= 0.6 is 11.8 Å². The van der Waals surface area contributed by atoms with Crippen molar-refractivity contribution in [2.24, 2.45) is 17.6 Å². The molecule has 4 N–H and O–H groups in total. The highest BCUT2D eigenvalue weighted by molar-refractivity contribution is 7.99. The SMILES string of the molecule is CSC(CO)C(C)NC(=O)C[C@@H](CN)CC(C)C. The van der Waals surface area contributed by atoms with Crippen LogP contribution in [-0.4, -0.2) is 41.7 Å². The Bertz CT molecular complexity index is 227. The molecular weight excluding hydrogens is 248 g/mol. The Labute approximate surface area is 115 Å². The fourth-order valence-electron chi connectivity index (χ4n) is 2.03. The van der Waals surface area contributed by atoms with Crippen LogP contribution in [0.1, 0.15) is 33.6 Å². The average molecular weight is 276 g/mol. The molecule has 18 heavy (non-hydrogen) atoms. The third kappa shape index (κ3) is 7.24. The first-order chi connectivity index (χ1) is 8.44. The van der Waals surface area contributed by atoms with E-state index in [9.17, 15) is 4.79 Å². The number of rotatable bonds is 9. The molecule has 0 aromatic heterocycles. The Hall–Kier alpha value is -0.260. The van der Waals surface area contributed by atoms with Crippen molar-refractivity contribution in [2.75, 3.05) is 19.4 Å². The summed E-state index contributed by atoms with van der Waals surface area (Å²) in [7, 11) is 0. The molecule has 0 saturated carbocycles. The number of thioether (sulfide) groups is 1. The van der Waals surface area contributed by atoms with E-state index in [0.717, 1.165) is 6.42 Å². The second-order valence-electron chi connectivity index (χ2n) is 5.25. The largest absolute Gasteiger partial charge is 0.395 e. The number of nitrogens with two attached hydrogens (primary N) is 1. The molecule has 0 bridgehead atoms. The quantitative estimate of drug-likeness (QED) is 0.592. The standard InChI is InChI=1S/C13H28N2O2S/c1-9(2)5-11(7-14)6-13(17)15-10(3)12(8-16)18-4/h9-12,16H,5-8,14H2,1-4H3,(H,15,17)/t10?,11-,12?/m0/s1. The van der Waals surface area contributed by atoms with Crippen LogP contribution in [0.25, 0.3) is 0 Å². The summed E-state index contributed by atoms with van der Waals surface area (Å²) in [4.78, 5) is 11.9. The number of aliphatic hydroxyl groups is 1. The maximum atomic E-state index is 11.9. The van der Waals surface area contributed by atoms with E-state index >= 15 is 0 Å². The molecule has 0 fully saturated rings. The zero-order chi connectivity index (χ0) is 14.1. The smallest absolute Gasteiger partial charge is 0.220 e. The van der Waals surface area contributed by atoms with E-state index in [2.05, 4.69) is 19.2 Å². The summed E-state index contributed by atoms with van der Waals surface area (Å²) in [6.45, 7) is 6.83. The second-order valence-corrected chi connectivity index (χ2v) is 6.33. The predicted molar refractivity (Wildman–Crippen MR) is 78.6 cm³/mol. The van der Waals surface area contributed by atoms with Gasteiger partial charge in [0.2, 0.25) is 5.91 Å². The molecule has 0 heterocycles. The molecular formula is C13H28N2O2S. The molecule has 3 atom stereocenters. The highest BCUT2D eigenvalue weighted by Crippen LogP contribution is 2.15. The van der Waals surface area contributed by atoms with Gasteiger partial charge in [0, 0.05) is 17.7 Å². The molecule has 0 aliphatic heterocycles. The van der Waals surface area contributed by atoms with Crippen molar-refractivity contribution < 1.29 is 9.90 Å². The van der Waals surface area contributed by atoms with Crippen molar-refractivity contribution in [2.45, 2.75) is 44.9 Å². The third-order valence-electron chi connectivity index (χ3n) is 3.04. The number of nitrogens with one attached hydrogen (secondary N) is 1. The average Bonchev–Trinajstić information content (AvgIpc) is 2.28. The van der Waals surface area contributed by atoms with Gasteiger partial charge in [0.05, 0.1) is 6.61 Å². The van der Waals surface area contributed by atoms with Crippen LogP contribution in [0.15, 0.2) is 0 Å². The summed E-state index contributed by atoms with van der Waals surface area (Å²) in [6.07, 6.45) is 3.39. The first kappa shape index (κ1) is 17.7. The lowest BCUT2D eigenvalue weighted by Gasteiger charge is -2.23. The van der Waals surface area contributed by atoms with Crippen LogP contribution in [0, 0.1) is 11.8 Å². The Kier molecular flexibility index (Phi) is 9.50. The van der Waals surface area contributed by atoms with Crippen molar-refractivity contribution in [1.29, 1.82) is 0 Å². The van der Waals surface area contributed by atoms with E-state index in [0.29, 0.717) is 18.9 Å². The number of amides is 1. The van der Waals surface area contributed by atoms with Crippen LogP contribution in [0.3, 0.4) is 0 Å². The number of hydrogen-bond donors (Lipinski definition) is 3. The van der Waals surface area contributed by atoms with E-state index in [1.165, 1.54) is 0 Å². The van der Waals surface area contributed by atoms with Gasteiger partial charge in [0.25, 0.3) is 0 Å². The van der Waals surface area contributed by atoms with E-state index in [1.807, 2.05) is 13.2 Å². The van der Waals surface area contributed by atoms with Gasteiger partial charge in [-0.2, -0.15) is 11.8 Å². The Morgan fingerprint density at radius 2 is 2.00 bits per heavy atom. The zero-order valence-electron chi connectivity index (χ0n) is 12.0. The molecule has 0 rings (SSSR count). The monoisotopic (exact) mass is 276 g/mol. The highest BCUT2D eigenvalue weighted by Gasteiger charge is 2.19. The lowest BCUT2D eigenvalue weighted by molar-refractivity contribution is -0.122. The predicted octanol–water partition coefficient (Wildman–Crippen LogP) is 1.23. The van der Waals surface area contributed by atoms with Gasteiger partial charge < -0.3 is 16.2 Å². The van der Waals surface area contributed by atoms with Crippen molar-refractivity contribution in [3.63, 3.8) is 0 Å². The second kappa shape index (κ2) is 9.64. The summed E-state index contributed by atoms with van der Waals surface area (Å²) in [5.41, 5.74) is 5.69. The fraction of sp³-hybridized carbons (Fsp3) is 0.923. The van der Waals surface area contributed by atoms with Crippen LogP contribution < -0.4 is 11.1 Å². The molecule has 0 spiro atoms. The van der Waals surface area contributed by atoms with Gasteiger partial charge in [-0.25, -0.2) is 0 Å². The Morgan fingerprint density at radius 1 is 1.39 bits per heavy atom. The minimum Gasteiger partial charge on any atom is -0.395 e. The van der Waals surface area contributed by atoms with Gasteiger partial charge in [-0.15, -0.1) is 0 Å². The number of carbonyl (C=O) groups excluding carboxylic acids is 1. The maximum absolute atomic E-state index is 11.9. The molecule has 0 aromatic rings. The molecule has 0 aromatic carbocycles. The number of hydrogen-bond acceptors (Lipinski definition) is 4. The fourth-order valence-corrected chi connectivity index (χ4v) is 2.66. The van der Waals surface area contributed by atoms with Crippen LogP contribution in [0.4, 0.5) is 0 Å². The first-order valence-electron chi connectivity index (χ1n) is 6.57. The van der Waals surface area contributed by atoms with Crippen molar-refractivity contribution in [3.05, 3.63) is 0 Å². The highest BCUT2D eigenvalue weighted by atomic mass is 32.2. The van der Waals surface area contributed by atoms with E-state index in [4.69, 9.17) is 10.8 Å². The summed E-state index contributed by atoms with van der Waals surface area (Å²) >= 11 is 1.57. The van der Waals surface area contributed by atoms with Crippen molar-refractivity contribution in [3.8, 4) is 0 Å².